The third-order valence-electron chi connectivity index (χ3n) is 1.76. The van der Waals surface area contributed by atoms with Crippen molar-refractivity contribution in [2.45, 2.75) is 18.4 Å². The van der Waals surface area contributed by atoms with Gasteiger partial charge in [-0.2, -0.15) is 0 Å². The van der Waals surface area contributed by atoms with E-state index in [0.29, 0.717) is 6.42 Å². The fraction of sp³-hybridized carbons (Fsp3) is 0.444. The monoisotopic (exact) mass is 183 g/mol. The summed E-state index contributed by atoms with van der Waals surface area (Å²) in [5.74, 6) is 0. The summed E-state index contributed by atoms with van der Waals surface area (Å²) in [4.78, 5) is 4.36. The molecule has 1 rings (SSSR count). The number of hydrogen-bond donors (Lipinski definition) is 1. The summed E-state index contributed by atoms with van der Waals surface area (Å²) in [5, 5.41) is 9.77. The van der Waals surface area contributed by atoms with Crippen LogP contribution in [0.4, 0.5) is 0 Å². The molecule has 0 aliphatic carbocycles. The van der Waals surface area contributed by atoms with Gasteiger partial charge in [-0.15, -0.1) is 11.8 Å². The second-order valence-electron chi connectivity index (χ2n) is 2.57. The highest BCUT2D eigenvalue weighted by molar-refractivity contribution is 7.98. The van der Waals surface area contributed by atoms with E-state index < -0.39 is 0 Å². The molecule has 12 heavy (non-hydrogen) atoms. The van der Waals surface area contributed by atoms with E-state index in [1.54, 1.807) is 11.8 Å². The third kappa shape index (κ3) is 2.22. The second-order valence-corrected chi connectivity index (χ2v) is 3.40. The Morgan fingerprint density at radius 3 is 2.75 bits per heavy atom. The molecule has 0 saturated carbocycles. The second kappa shape index (κ2) is 4.48. The Morgan fingerprint density at radius 1 is 1.50 bits per heavy atom. The van der Waals surface area contributed by atoms with E-state index in [9.17, 15) is 0 Å². The molecule has 0 unspecified atom stereocenters. The van der Waals surface area contributed by atoms with Gasteiger partial charge in [0.1, 0.15) is 0 Å². The number of aromatic nitrogens is 1. The van der Waals surface area contributed by atoms with Crippen molar-refractivity contribution in [3.8, 4) is 0 Å². The lowest BCUT2D eigenvalue weighted by Gasteiger charge is -2.03. The van der Waals surface area contributed by atoms with Crippen LogP contribution in [-0.2, 0) is 6.42 Å². The van der Waals surface area contributed by atoms with Gasteiger partial charge in [0.25, 0.3) is 0 Å². The maximum Gasteiger partial charge on any atom is 0.0960 e. The zero-order chi connectivity index (χ0) is 8.97. The first-order valence-electron chi connectivity index (χ1n) is 3.89. The smallest absolute Gasteiger partial charge is 0.0960 e. The van der Waals surface area contributed by atoms with Gasteiger partial charge in [-0.1, -0.05) is 6.07 Å². The maximum absolute atomic E-state index is 8.74. The molecule has 0 aliphatic heterocycles. The van der Waals surface area contributed by atoms with Crippen LogP contribution in [0.15, 0.2) is 17.2 Å². The summed E-state index contributed by atoms with van der Waals surface area (Å²) >= 11 is 1.64. The van der Waals surface area contributed by atoms with Gasteiger partial charge >= 0.3 is 0 Å². The third-order valence-corrected chi connectivity index (χ3v) is 2.41. The first-order chi connectivity index (χ1) is 5.77. The number of aryl methyl sites for hydroxylation is 1. The molecule has 0 fully saturated rings. The van der Waals surface area contributed by atoms with Crippen LogP contribution in [-0.4, -0.2) is 23.0 Å². The van der Waals surface area contributed by atoms with Crippen LogP contribution in [0.1, 0.15) is 11.3 Å². The minimum absolute atomic E-state index is 0.196. The summed E-state index contributed by atoms with van der Waals surface area (Å²) in [5.41, 5.74) is 2.16. The predicted molar refractivity (Wildman–Crippen MR) is 51.5 cm³/mol. The lowest BCUT2D eigenvalue weighted by atomic mass is 10.1. The van der Waals surface area contributed by atoms with Gasteiger partial charge in [-0.25, -0.2) is 4.98 Å². The summed E-state index contributed by atoms with van der Waals surface area (Å²) < 4.78 is 0. The fourth-order valence-corrected chi connectivity index (χ4v) is 1.50. The van der Waals surface area contributed by atoms with Crippen LogP contribution >= 0.6 is 11.8 Å². The van der Waals surface area contributed by atoms with Gasteiger partial charge in [0.2, 0.25) is 0 Å². The predicted octanol–water partition coefficient (Wildman–Crippen LogP) is 1.65. The molecule has 0 aromatic carbocycles. The normalized spacial score (nSPS) is 10.2. The van der Waals surface area contributed by atoms with Crippen molar-refractivity contribution in [1.82, 2.24) is 4.98 Å². The first kappa shape index (κ1) is 9.55. The molecule has 0 saturated heterocycles. The summed E-state index contributed by atoms with van der Waals surface area (Å²) in [6.45, 7) is 2.17. The Labute approximate surface area is 77.0 Å². The van der Waals surface area contributed by atoms with Crippen LogP contribution in [0, 0.1) is 6.92 Å². The molecule has 1 heterocycles. The molecule has 0 aliphatic rings. The van der Waals surface area contributed by atoms with Crippen molar-refractivity contribution in [2.75, 3.05) is 12.9 Å². The number of thioether (sulfide) groups is 1. The Kier molecular flexibility index (Phi) is 3.56. The lowest BCUT2D eigenvalue weighted by molar-refractivity contribution is 0.299. The fourth-order valence-electron chi connectivity index (χ4n) is 1.07. The highest BCUT2D eigenvalue weighted by Crippen LogP contribution is 2.14. The highest BCUT2D eigenvalue weighted by atomic mass is 32.2. The van der Waals surface area contributed by atoms with Crippen molar-refractivity contribution in [3.05, 3.63) is 23.4 Å². The van der Waals surface area contributed by atoms with Gasteiger partial charge in [-0.3, -0.25) is 0 Å². The molecule has 0 atom stereocenters. The molecule has 0 radical (unpaired) electrons. The molecule has 1 N–H and O–H groups in total. The van der Waals surface area contributed by atoms with Gasteiger partial charge in [0.05, 0.1) is 5.03 Å². The zero-order valence-corrected chi connectivity index (χ0v) is 8.19. The van der Waals surface area contributed by atoms with Crippen molar-refractivity contribution >= 4 is 11.8 Å². The van der Waals surface area contributed by atoms with E-state index in [1.165, 1.54) is 0 Å². The molecular weight excluding hydrogens is 170 g/mol. The minimum atomic E-state index is 0.196. The Hall–Kier alpha value is -0.540. The molecule has 0 amide bonds. The minimum Gasteiger partial charge on any atom is -0.396 e. The number of aliphatic hydroxyl groups excluding tert-OH is 1. The molecule has 1 aromatic rings. The SMILES string of the molecule is CSc1ccc(CCO)c(C)n1. The lowest BCUT2D eigenvalue weighted by Crippen LogP contribution is -1.96. The van der Waals surface area contributed by atoms with E-state index in [4.69, 9.17) is 5.11 Å². The van der Waals surface area contributed by atoms with E-state index >= 15 is 0 Å². The summed E-state index contributed by atoms with van der Waals surface area (Å²) in [6.07, 6.45) is 2.71. The Balaban J connectivity index is 2.87. The molecular formula is C9H13NOS. The van der Waals surface area contributed by atoms with E-state index in [-0.39, 0.29) is 6.61 Å². The van der Waals surface area contributed by atoms with Crippen molar-refractivity contribution in [1.29, 1.82) is 0 Å². The number of pyridine rings is 1. The number of nitrogens with zero attached hydrogens (tertiary/aromatic N) is 1. The number of hydrogen-bond acceptors (Lipinski definition) is 3. The largest absolute Gasteiger partial charge is 0.396 e. The van der Waals surface area contributed by atoms with Crippen LogP contribution in [0.2, 0.25) is 0 Å². The Morgan fingerprint density at radius 2 is 2.25 bits per heavy atom. The standard InChI is InChI=1S/C9H13NOS/c1-7-8(5-6-11)3-4-9(10-7)12-2/h3-4,11H,5-6H2,1-2H3. The summed E-state index contributed by atoms with van der Waals surface area (Å²) in [6, 6.07) is 4.02. The van der Waals surface area contributed by atoms with Crippen LogP contribution < -0.4 is 0 Å². The van der Waals surface area contributed by atoms with Gasteiger partial charge < -0.3 is 5.11 Å². The molecule has 66 valence electrons. The van der Waals surface area contributed by atoms with Crippen molar-refractivity contribution < 1.29 is 5.11 Å². The van der Waals surface area contributed by atoms with E-state index in [1.807, 2.05) is 25.3 Å². The van der Waals surface area contributed by atoms with E-state index in [0.717, 1.165) is 16.3 Å². The summed E-state index contributed by atoms with van der Waals surface area (Å²) in [7, 11) is 0. The average Bonchev–Trinajstić information content (AvgIpc) is 2.09. The quantitative estimate of drug-likeness (QED) is 0.723. The van der Waals surface area contributed by atoms with Crippen LogP contribution in [0.25, 0.3) is 0 Å². The van der Waals surface area contributed by atoms with Crippen LogP contribution in [0.3, 0.4) is 0 Å². The number of rotatable bonds is 3. The number of aliphatic hydroxyl groups is 1. The first-order valence-corrected chi connectivity index (χ1v) is 5.11. The average molecular weight is 183 g/mol. The molecule has 2 nitrogen and oxygen atoms in total. The van der Waals surface area contributed by atoms with E-state index in [2.05, 4.69) is 4.98 Å². The molecule has 0 bridgehead atoms. The maximum atomic E-state index is 8.74. The van der Waals surface area contributed by atoms with Gasteiger partial charge in [-0.05, 0) is 31.2 Å². The highest BCUT2D eigenvalue weighted by Gasteiger charge is 1.99. The van der Waals surface area contributed by atoms with Gasteiger partial charge in [0, 0.05) is 12.3 Å². The van der Waals surface area contributed by atoms with Crippen LogP contribution in [0.5, 0.6) is 0 Å². The Bertz CT molecular complexity index is 263. The zero-order valence-electron chi connectivity index (χ0n) is 7.37. The molecule has 3 heteroatoms. The van der Waals surface area contributed by atoms with Crippen molar-refractivity contribution in [3.63, 3.8) is 0 Å². The topological polar surface area (TPSA) is 33.1 Å². The van der Waals surface area contributed by atoms with Gasteiger partial charge in [0.15, 0.2) is 0 Å². The molecule has 1 aromatic heterocycles. The van der Waals surface area contributed by atoms with Crippen molar-refractivity contribution in [2.24, 2.45) is 0 Å². The molecule has 0 spiro atoms.